The summed E-state index contributed by atoms with van der Waals surface area (Å²) in [4.78, 5) is 0. The van der Waals surface area contributed by atoms with Gasteiger partial charge in [0.1, 0.15) is 5.67 Å². The molecule has 1 aromatic rings. The predicted octanol–water partition coefficient (Wildman–Crippen LogP) is 2.41. The van der Waals surface area contributed by atoms with Gasteiger partial charge in [-0.15, -0.1) is 0 Å². The van der Waals surface area contributed by atoms with Gasteiger partial charge in [-0.2, -0.15) is 0 Å². The molecule has 0 saturated carbocycles. The van der Waals surface area contributed by atoms with E-state index in [4.69, 9.17) is 17.3 Å². The van der Waals surface area contributed by atoms with Crippen molar-refractivity contribution in [2.75, 3.05) is 6.54 Å². The van der Waals surface area contributed by atoms with E-state index in [9.17, 15) is 4.39 Å². The number of benzene rings is 1. The monoisotopic (exact) mass is 199 g/mol. The summed E-state index contributed by atoms with van der Waals surface area (Å²) in [5, 5.41) is 0.580. The van der Waals surface area contributed by atoms with E-state index in [1.807, 2.05) is 6.07 Å². The lowest BCUT2D eigenvalue weighted by molar-refractivity contribution is 0.177. The Morgan fingerprint density at radius 2 is 2.31 bits per heavy atom. The molecule has 0 heterocycles. The van der Waals surface area contributed by atoms with Crippen molar-refractivity contribution >= 4 is 11.6 Å². The molecule has 1 aliphatic rings. The summed E-state index contributed by atoms with van der Waals surface area (Å²) >= 11 is 5.80. The topological polar surface area (TPSA) is 26.0 Å². The van der Waals surface area contributed by atoms with Crippen molar-refractivity contribution in [2.24, 2.45) is 5.73 Å². The van der Waals surface area contributed by atoms with Gasteiger partial charge in [-0.1, -0.05) is 17.7 Å². The first-order chi connectivity index (χ1) is 6.15. The number of alkyl halides is 1. The molecule has 1 nitrogen and oxygen atoms in total. The van der Waals surface area contributed by atoms with E-state index >= 15 is 0 Å². The second-order valence-electron chi connectivity index (χ2n) is 3.47. The summed E-state index contributed by atoms with van der Waals surface area (Å²) < 4.78 is 14.0. The van der Waals surface area contributed by atoms with Gasteiger partial charge in [0.25, 0.3) is 0 Å². The van der Waals surface area contributed by atoms with Gasteiger partial charge in [-0.05, 0) is 36.1 Å². The van der Waals surface area contributed by atoms with Crippen molar-refractivity contribution in [2.45, 2.75) is 18.5 Å². The SMILES string of the molecule is NCC1(F)CCc2ccc(Cl)cc21. The largest absolute Gasteiger partial charge is 0.327 e. The third-order valence-electron chi connectivity index (χ3n) is 2.67. The Balaban J connectivity index is 2.52. The molecule has 0 radical (unpaired) electrons. The second kappa shape index (κ2) is 2.96. The molecule has 0 aliphatic heterocycles. The lowest BCUT2D eigenvalue weighted by Gasteiger charge is -2.18. The Hall–Kier alpha value is -0.600. The Labute approximate surface area is 81.7 Å². The molecule has 0 fully saturated rings. The average molecular weight is 200 g/mol. The van der Waals surface area contributed by atoms with Crippen molar-refractivity contribution in [3.8, 4) is 0 Å². The fourth-order valence-corrected chi connectivity index (χ4v) is 2.04. The highest BCUT2D eigenvalue weighted by molar-refractivity contribution is 6.30. The third kappa shape index (κ3) is 1.34. The van der Waals surface area contributed by atoms with E-state index in [2.05, 4.69) is 0 Å². The fourth-order valence-electron chi connectivity index (χ4n) is 1.86. The van der Waals surface area contributed by atoms with E-state index in [1.54, 1.807) is 12.1 Å². The van der Waals surface area contributed by atoms with E-state index in [0.717, 1.165) is 12.0 Å². The van der Waals surface area contributed by atoms with Gasteiger partial charge < -0.3 is 5.73 Å². The van der Waals surface area contributed by atoms with E-state index in [0.29, 0.717) is 17.0 Å². The summed E-state index contributed by atoms with van der Waals surface area (Å²) in [7, 11) is 0. The zero-order valence-electron chi connectivity index (χ0n) is 7.19. The van der Waals surface area contributed by atoms with Crippen LogP contribution in [0.5, 0.6) is 0 Å². The van der Waals surface area contributed by atoms with Crippen LogP contribution >= 0.6 is 11.6 Å². The molecule has 1 unspecified atom stereocenters. The lowest BCUT2D eigenvalue weighted by atomic mass is 9.98. The maximum Gasteiger partial charge on any atom is 0.148 e. The highest BCUT2D eigenvalue weighted by atomic mass is 35.5. The molecule has 2 rings (SSSR count). The molecular weight excluding hydrogens is 189 g/mol. The molecule has 0 amide bonds. The van der Waals surface area contributed by atoms with Crippen molar-refractivity contribution in [3.05, 3.63) is 34.3 Å². The van der Waals surface area contributed by atoms with Crippen LogP contribution in [0.25, 0.3) is 0 Å². The maximum absolute atomic E-state index is 14.0. The highest BCUT2D eigenvalue weighted by Crippen LogP contribution is 2.40. The first-order valence-electron chi connectivity index (χ1n) is 4.33. The van der Waals surface area contributed by atoms with Crippen molar-refractivity contribution in [3.63, 3.8) is 0 Å². The first-order valence-corrected chi connectivity index (χ1v) is 4.71. The summed E-state index contributed by atoms with van der Waals surface area (Å²) in [6, 6.07) is 5.37. The number of aryl methyl sites for hydroxylation is 1. The third-order valence-corrected chi connectivity index (χ3v) is 2.90. The lowest BCUT2D eigenvalue weighted by Crippen LogP contribution is -2.27. The average Bonchev–Trinajstić information content (AvgIpc) is 2.45. The molecule has 0 spiro atoms. The van der Waals surface area contributed by atoms with Gasteiger partial charge in [0, 0.05) is 11.6 Å². The van der Waals surface area contributed by atoms with Crippen LogP contribution in [0.4, 0.5) is 4.39 Å². The number of nitrogens with two attached hydrogens (primary N) is 1. The fraction of sp³-hybridized carbons (Fsp3) is 0.400. The minimum absolute atomic E-state index is 0.0420. The van der Waals surface area contributed by atoms with Crippen LogP contribution in [0.2, 0.25) is 5.02 Å². The van der Waals surface area contributed by atoms with Gasteiger partial charge >= 0.3 is 0 Å². The van der Waals surface area contributed by atoms with Gasteiger partial charge in [0.15, 0.2) is 0 Å². The zero-order chi connectivity index (χ0) is 9.47. The smallest absolute Gasteiger partial charge is 0.148 e. The molecule has 1 aromatic carbocycles. The normalized spacial score (nSPS) is 26.1. The molecule has 0 saturated heterocycles. The van der Waals surface area contributed by atoms with Crippen LogP contribution < -0.4 is 5.73 Å². The van der Waals surface area contributed by atoms with Crippen LogP contribution in [0.3, 0.4) is 0 Å². The number of fused-ring (bicyclic) bond motifs is 1. The van der Waals surface area contributed by atoms with Crippen LogP contribution in [0.1, 0.15) is 17.5 Å². The number of hydrogen-bond acceptors (Lipinski definition) is 1. The minimum Gasteiger partial charge on any atom is -0.327 e. The van der Waals surface area contributed by atoms with Crippen LogP contribution in [-0.4, -0.2) is 6.54 Å². The Morgan fingerprint density at radius 1 is 1.54 bits per heavy atom. The second-order valence-corrected chi connectivity index (χ2v) is 3.91. The Kier molecular flexibility index (Phi) is 2.05. The van der Waals surface area contributed by atoms with Crippen LogP contribution in [0.15, 0.2) is 18.2 Å². The molecule has 0 bridgehead atoms. The van der Waals surface area contributed by atoms with Crippen LogP contribution in [0, 0.1) is 0 Å². The van der Waals surface area contributed by atoms with Gasteiger partial charge in [-0.3, -0.25) is 0 Å². The Morgan fingerprint density at radius 3 is 3.00 bits per heavy atom. The highest BCUT2D eigenvalue weighted by Gasteiger charge is 2.37. The maximum atomic E-state index is 14.0. The summed E-state index contributed by atoms with van der Waals surface area (Å²) in [6.45, 7) is 0.0420. The number of halogens is 2. The van der Waals surface area contributed by atoms with E-state index in [-0.39, 0.29) is 6.54 Å². The van der Waals surface area contributed by atoms with Gasteiger partial charge in [-0.25, -0.2) is 4.39 Å². The summed E-state index contributed by atoms with van der Waals surface area (Å²) in [5.74, 6) is 0. The van der Waals surface area contributed by atoms with Crippen molar-refractivity contribution < 1.29 is 4.39 Å². The van der Waals surface area contributed by atoms with E-state index in [1.165, 1.54) is 0 Å². The van der Waals surface area contributed by atoms with Crippen molar-refractivity contribution in [1.82, 2.24) is 0 Å². The van der Waals surface area contributed by atoms with Gasteiger partial charge in [0.05, 0.1) is 0 Å². The molecule has 1 atom stereocenters. The first kappa shape index (κ1) is 8.97. The molecule has 0 aromatic heterocycles. The Bertz CT molecular complexity index is 340. The molecule has 70 valence electrons. The molecule has 3 heteroatoms. The predicted molar refractivity (Wildman–Crippen MR) is 51.6 cm³/mol. The van der Waals surface area contributed by atoms with Crippen LogP contribution in [-0.2, 0) is 12.1 Å². The van der Waals surface area contributed by atoms with Crippen molar-refractivity contribution in [1.29, 1.82) is 0 Å². The molecule has 13 heavy (non-hydrogen) atoms. The zero-order valence-corrected chi connectivity index (χ0v) is 7.94. The summed E-state index contributed by atoms with van der Waals surface area (Å²) in [5.41, 5.74) is 5.79. The molecule has 1 aliphatic carbocycles. The van der Waals surface area contributed by atoms with E-state index < -0.39 is 5.67 Å². The summed E-state index contributed by atoms with van der Waals surface area (Å²) in [6.07, 6.45) is 1.25. The minimum atomic E-state index is -1.35. The molecule has 2 N–H and O–H groups in total. The van der Waals surface area contributed by atoms with Gasteiger partial charge in [0.2, 0.25) is 0 Å². The number of hydrogen-bond donors (Lipinski definition) is 1. The quantitative estimate of drug-likeness (QED) is 0.739. The molecular formula is C10H11ClFN. The number of rotatable bonds is 1. The standard InChI is InChI=1S/C10H11ClFN/c11-8-2-1-7-3-4-10(12,6-13)9(7)5-8/h1-2,5H,3-4,6,13H2.